The van der Waals surface area contributed by atoms with Crippen LogP contribution in [0.1, 0.15) is 19.3 Å². The Morgan fingerprint density at radius 1 is 0.909 bits per heavy atom. The van der Waals surface area contributed by atoms with E-state index >= 15 is 0 Å². The zero-order valence-corrected chi connectivity index (χ0v) is 7.05. The van der Waals surface area contributed by atoms with Gasteiger partial charge in [0.05, 0.1) is 0 Å². The highest BCUT2D eigenvalue weighted by molar-refractivity contribution is 5.11. The van der Waals surface area contributed by atoms with Crippen LogP contribution in [0.4, 0.5) is 0 Å². The summed E-state index contributed by atoms with van der Waals surface area (Å²) in [5, 5.41) is 0. The highest BCUT2D eigenvalue weighted by Crippen LogP contribution is 2.08. The summed E-state index contributed by atoms with van der Waals surface area (Å²) in [6.45, 7) is 11.0. The second-order valence-electron chi connectivity index (χ2n) is 2.37. The molecule has 0 fully saturated rings. The van der Waals surface area contributed by atoms with Crippen molar-refractivity contribution in [3.63, 3.8) is 0 Å². The van der Waals surface area contributed by atoms with Gasteiger partial charge in [-0.3, -0.25) is 0 Å². The predicted molar refractivity (Wildman–Crippen MR) is 52.5 cm³/mol. The van der Waals surface area contributed by atoms with Crippen molar-refractivity contribution >= 4 is 0 Å². The van der Waals surface area contributed by atoms with Crippen LogP contribution in [-0.2, 0) is 0 Å². The van der Waals surface area contributed by atoms with Crippen molar-refractivity contribution in [3.05, 3.63) is 49.6 Å². The summed E-state index contributed by atoms with van der Waals surface area (Å²) in [4.78, 5) is 0. The lowest BCUT2D eigenvalue weighted by atomic mass is 10.1. The zero-order chi connectivity index (χ0) is 8.53. The van der Waals surface area contributed by atoms with Gasteiger partial charge < -0.3 is 0 Å². The van der Waals surface area contributed by atoms with Crippen molar-refractivity contribution in [1.29, 1.82) is 0 Å². The van der Waals surface area contributed by atoms with E-state index < -0.39 is 0 Å². The third-order valence-corrected chi connectivity index (χ3v) is 1.39. The Bertz CT molecular complexity index is 149. The minimum absolute atomic E-state index is 0.941. The number of allylic oxidation sites excluding steroid dienone is 5. The van der Waals surface area contributed by atoms with Gasteiger partial charge in [-0.15, -0.1) is 19.7 Å². The van der Waals surface area contributed by atoms with Crippen molar-refractivity contribution in [2.24, 2.45) is 0 Å². The second kappa shape index (κ2) is 7.07. The van der Waals surface area contributed by atoms with Gasteiger partial charge in [0.2, 0.25) is 0 Å². The molecule has 0 aliphatic heterocycles. The second-order valence-corrected chi connectivity index (χ2v) is 2.37. The molecular weight excluding hydrogens is 132 g/mol. The molecule has 0 bridgehead atoms. The van der Waals surface area contributed by atoms with Gasteiger partial charge >= 0.3 is 0 Å². The Morgan fingerprint density at radius 3 is 1.82 bits per heavy atom. The van der Waals surface area contributed by atoms with Crippen LogP contribution >= 0.6 is 0 Å². The lowest BCUT2D eigenvalue weighted by Gasteiger charge is -1.98. The monoisotopic (exact) mass is 148 g/mol. The normalized spacial score (nSPS) is 8.36. The van der Waals surface area contributed by atoms with Gasteiger partial charge in [-0.25, -0.2) is 0 Å². The van der Waals surface area contributed by atoms with E-state index in [9.17, 15) is 0 Å². The van der Waals surface area contributed by atoms with Crippen LogP contribution in [-0.4, -0.2) is 0 Å². The molecule has 0 N–H and O–H groups in total. The van der Waals surface area contributed by atoms with E-state index in [0.717, 1.165) is 19.3 Å². The third-order valence-electron chi connectivity index (χ3n) is 1.39. The smallest absolute Gasteiger partial charge is 0.0138 e. The van der Waals surface area contributed by atoms with E-state index in [4.69, 9.17) is 0 Å². The minimum atomic E-state index is 0.941. The van der Waals surface area contributed by atoms with Gasteiger partial charge in [0, 0.05) is 0 Å². The molecule has 0 radical (unpaired) electrons. The summed E-state index contributed by atoms with van der Waals surface area (Å²) in [6, 6.07) is 0. The number of hydrogen-bond acceptors (Lipinski definition) is 0. The fraction of sp³-hybridized carbons (Fsp3) is 0.273. The summed E-state index contributed by atoms with van der Waals surface area (Å²) >= 11 is 0. The Labute approximate surface area is 69.6 Å². The molecule has 0 atom stereocenters. The van der Waals surface area contributed by atoms with Crippen molar-refractivity contribution < 1.29 is 0 Å². The molecule has 0 unspecified atom stereocenters. The lowest BCUT2D eigenvalue weighted by Crippen LogP contribution is -1.78. The van der Waals surface area contributed by atoms with Crippen LogP contribution < -0.4 is 0 Å². The maximum absolute atomic E-state index is 3.69. The van der Waals surface area contributed by atoms with Gasteiger partial charge in [-0.2, -0.15) is 0 Å². The molecule has 0 saturated carbocycles. The van der Waals surface area contributed by atoms with Crippen LogP contribution in [0.25, 0.3) is 0 Å². The minimum Gasteiger partial charge on any atom is -0.103 e. The summed E-state index contributed by atoms with van der Waals surface area (Å²) in [7, 11) is 0. The molecule has 0 heteroatoms. The van der Waals surface area contributed by atoms with E-state index in [0.29, 0.717) is 0 Å². The van der Waals surface area contributed by atoms with Crippen LogP contribution in [0.15, 0.2) is 49.6 Å². The predicted octanol–water partition coefficient (Wildman–Crippen LogP) is 3.64. The van der Waals surface area contributed by atoms with Gasteiger partial charge in [-0.05, 0) is 19.3 Å². The maximum atomic E-state index is 3.69. The Hall–Kier alpha value is -1.04. The summed E-state index contributed by atoms with van der Waals surface area (Å²) in [5.74, 6) is 0. The van der Waals surface area contributed by atoms with E-state index in [1.54, 1.807) is 0 Å². The highest BCUT2D eigenvalue weighted by Gasteiger charge is 1.88. The highest BCUT2D eigenvalue weighted by atomic mass is 13.9. The van der Waals surface area contributed by atoms with Crippen molar-refractivity contribution in [3.8, 4) is 0 Å². The van der Waals surface area contributed by atoms with Crippen LogP contribution in [0, 0.1) is 0 Å². The molecular formula is C11H16. The number of rotatable bonds is 6. The molecule has 11 heavy (non-hydrogen) atoms. The molecule has 60 valence electrons. The van der Waals surface area contributed by atoms with Crippen molar-refractivity contribution in [1.82, 2.24) is 0 Å². The summed E-state index contributed by atoms with van der Waals surface area (Å²) in [6.07, 6.45) is 10.8. The van der Waals surface area contributed by atoms with Crippen LogP contribution in [0.2, 0.25) is 0 Å². The third kappa shape index (κ3) is 5.41. The first-order chi connectivity index (χ1) is 5.35. The quantitative estimate of drug-likeness (QED) is 0.504. The fourth-order valence-electron chi connectivity index (χ4n) is 0.871. The van der Waals surface area contributed by atoms with E-state index in [1.807, 2.05) is 18.2 Å². The van der Waals surface area contributed by atoms with Crippen molar-refractivity contribution in [2.45, 2.75) is 19.3 Å². The van der Waals surface area contributed by atoms with Crippen LogP contribution in [0.5, 0.6) is 0 Å². The van der Waals surface area contributed by atoms with Crippen LogP contribution in [0.3, 0.4) is 0 Å². The molecule has 0 aliphatic rings. The molecule has 0 amide bonds. The van der Waals surface area contributed by atoms with E-state index in [2.05, 4.69) is 25.8 Å². The first-order valence-corrected chi connectivity index (χ1v) is 3.85. The zero-order valence-electron chi connectivity index (χ0n) is 7.05. The standard InChI is InChI=1S/C11H16/c1-4-7-10-11(8-5-2)9-6-3/h4-6,10H,1-3,7-9H2. The molecule has 0 aromatic carbocycles. The molecule has 0 saturated heterocycles. The average molecular weight is 148 g/mol. The first kappa shape index (κ1) is 9.96. The van der Waals surface area contributed by atoms with Gasteiger partial charge in [0.1, 0.15) is 0 Å². The average Bonchev–Trinajstić information content (AvgIpc) is 2.01. The molecule has 0 heterocycles. The van der Waals surface area contributed by atoms with Gasteiger partial charge in [0.25, 0.3) is 0 Å². The van der Waals surface area contributed by atoms with E-state index in [-0.39, 0.29) is 0 Å². The Morgan fingerprint density at radius 2 is 1.45 bits per heavy atom. The van der Waals surface area contributed by atoms with Crippen molar-refractivity contribution in [2.75, 3.05) is 0 Å². The molecule has 0 rings (SSSR count). The molecule has 0 spiro atoms. The Kier molecular flexibility index (Phi) is 6.40. The fourth-order valence-corrected chi connectivity index (χ4v) is 0.871. The number of hydrogen-bond donors (Lipinski definition) is 0. The molecule has 0 aliphatic carbocycles. The molecule has 0 aromatic heterocycles. The van der Waals surface area contributed by atoms with Gasteiger partial charge in [0.15, 0.2) is 0 Å². The Balaban J connectivity index is 3.93. The SMILES string of the molecule is C=CCC=C(CC=C)CC=C. The summed E-state index contributed by atoms with van der Waals surface area (Å²) < 4.78 is 0. The first-order valence-electron chi connectivity index (χ1n) is 3.85. The lowest BCUT2D eigenvalue weighted by molar-refractivity contribution is 1.09. The maximum Gasteiger partial charge on any atom is -0.0138 e. The largest absolute Gasteiger partial charge is 0.103 e. The topological polar surface area (TPSA) is 0 Å². The van der Waals surface area contributed by atoms with E-state index in [1.165, 1.54) is 5.57 Å². The summed E-state index contributed by atoms with van der Waals surface area (Å²) in [5.41, 5.74) is 1.37. The molecule has 0 aromatic rings. The molecule has 0 nitrogen and oxygen atoms in total. The van der Waals surface area contributed by atoms with Gasteiger partial charge in [-0.1, -0.05) is 29.9 Å².